The Labute approximate surface area is 137 Å². The summed E-state index contributed by atoms with van der Waals surface area (Å²) >= 11 is 0. The molecule has 0 aromatic rings. The molecule has 3 unspecified atom stereocenters. The minimum Gasteiger partial charge on any atom is -0.444 e. The van der Waals surface area contributed by atoms with Crippen LogP contribution >= 0.6 is 0 Å². The monoisotopic (exact) mass is 328 g/mol. The Kier molecular flexibility index (Phi) is 4.54. The lowest BCUT2D eigenvalue weighted by Gasteiger charge is -2.29. The lowest BCUT2D eigenvalue weighted by Crippen LogP contribution is -2.44. The maximum Gasteiger partial charge on any atom is 0.410 e. The molecule has 2 fully saturated rings. The number of β-amino-alcohol motifs (C(OH)–C–C–N with tert-alkyl or cyclic N) is 1. The maximum atomic E-state index is 12.3. The highest BCUT2D eigenvalue weighted by molar-refractivity contribution is 5.71. The maximum absolute atomic E-state index is 12.3. The summed E-state index contributed by atoms with van der Waals surface area (Å²) in [5.74, 6) is -0.157. The molecule has 7 nitrogen and oxygen atoms in total. The normalized spacial score (nSPS) is 27.9. The van der Waals surface area contributed by atoms with Gasteiger partial charge in [0.2, 0.25) is 0 Å². The smallest absolute Gasteiger partial charge is 0.410 e. The number of nitrogens with zero attached hydrogens (tertiary/aromatic N) is 2. The summed E-state index contributed by atoms with van der Waals surface area (Å²) in [6, 6.07) is -0.229. The molecule has 0 aliphatic carbocycles. The molecule has 2 heterocycles. The second kappa shape index (κ2) is 5.85. The van der Waals surface area contributed by atoms with Crippen LogP contribution in [0, 0.1) is 5.92 Å². The first-order valence-corrected chi connectivity index (χ1v) is 8.03. The summed E-state index contributed by atoms with van der Waals surface area (Å²) in [5, 5.41) is 10.2. The number of aliphatic hydroxyl groups excluding tert-OH is 1. The van der Waals surface area contributed by atoms with Crippen LogP contribution in [0.25, 0.3) is 0 Å². The number of amides is 2. The molecule has 2 saturated heterocycles. The second-order valence-electron chi connectivity index (χ2n) is 8.32. The Balaban J connectivity index is 2.04. The van der Waals surface area contributed by atoms with Crippen LogP contribution in [-0.4, -0.2) is 70.1 Å². The van der Waals surface area contributed by atoms with Gasteiger partial charge in [0, 0.05) is 19.0 Å². The molecule has 0 aromatic carbocycles. The van der Waals surface area contributed by atoms with Crippen molar-refractivity contribution in [3.05, 3.63) is 0 Å². The van der Waals surface area contributed by atoms with E-state index >= 15 is 0 Å². The number of carbonyl (C=O) groups is 2. The molecule has 0 bridgehead atoms. The van der Waals surface area contributed by atoms with E-state index in [1.165, 1.54) is 4.90 Å². The number of ether oxygens (including phenoxy) is 2. The number of hydrogen-bond acceptors (Lipinski definition) is 5. The van der Waals surface area contributed by atoms with E-state index in [0.29, 0.717) is 13.1 Å². The van der Waals surface area contributed by atoms with Crippen molar-refractivity contribution >= 4 is 12.2 Å². The van der Waals surface area contributed by atoms with Gasteiger partial charge in [-0.05, 0) is 41.5 Å². The van der Waals surface area contributed by atoms with Crippen molar-refractivity contribution in [2.75, 3.05) is 19.6 Å². The molecule has 0 spiro atoms. The molecule has 0 radical (unpaired) electrons. The predicted octanol–water partition coefficient (Wildman–Crippen LogP) is 1.83. The molecule has 1 N–H and O–H groups in total. The minimum absolute atomic E-state index is 0.157. The number of rotatable bonds is 0. The fraction of sp³-hybridized carbons (Fsp3) is 0.875. The topological polar surface area (TPSA) is 79.3 Å². The first-order chi connectivity index (χ1) is 10.4. The van der Waals surface area contributed by atoms with Crippen molar-refractivity contribution in [3.63, 3.8) is 0 Å². The standard InChI is InChI=1S/C16H28N2O5/c1-15(2,3)22-13(20)17-7-10-11(8-17)18(9-12(10)19)14(21)23-16(4,5)6/h10-12,19H,7-9H2,1-6H3. The number of carbonyl (C=O) groups excluding carboxylic acids is 2. The summed E-state index contributed by atoms with van der Waals surface area (Å²) in [5.41, 5.74) is -1.16. The van der Waals surface area contributed by atoms with Gasteiger partial charge in [-0.15, -0.1) is 0 Å². The van der Waals surface area contributed by atoms with Gasteiger partial charge in [0.1, 0.15) is 11.2 Å². The highest BCUT2D eigenvalue weighted by atomic mass is 16.6. The van der Waals surface area contributed by atoms with E-state index in [4.69, 9.17) is 9.47 Å². The second-order valence-corrected chi connectivity index (χ2v) is 8.32. The molecule has 2 aliphatic rings. The van der Waals surface area contributed by atoms with Crippen LogP contribution in [0.2, 0.25) is 0 Å². The summed E-state index contributed by atoms with van der Waals surface area (Å²) in [6.07, 6.45) is -1.52. The molecule has 2 aliphatic heterocycles. The highest BCUT2D eigenvalue weighted by Crippen LogP contribution is 2.33. The van der Waals surface area contributed by atoms with E-state index in [-0.39, 0.29) is 18.5 Å². The van der Waals surface area contributed by atoms with Crippen LogP contribution in [-0.2, 0) is 9.47 Å². The van der Waals surface area contributed by atoms with Gasteiger partial charge in [-0.3, -0.25) is 0 Å². The lowest BCUT2D eigenvalue weighted by atomic mass is 10.0. The number of likely N-dealkylation sites (tertiary alicyclic amines) is 2. The molecule has 3 atom stereocenters. The third kappa shape index (κ3) is 4.28. The molecule has 0 aromatic heterocycles. The zero-order valence-corrected chi connectivity index (χ0v) is 14.8. The molecule has 7 heteroatoms. The Bertz CT molecular complexity index is 480. The van der Waals surface area contributed by atoms with Gasteiger partial charge >= 0.3 is 12.2 Å². The van der Waals surface area contributed by atoms with E-state index in [2.05, 4.69) is 0 Å². The van der Waals surface area contributed by atoms with Gasteiger partial charge in [-0.1, -0.05) is 0 Å². The molecular weight excluding hydrogens is 300 g/mol. The third-order valence-corrected chi connectivity index (χ3v) is 3.89. The van der Waals surface area contributed by atoms with Crippen molar-refractivity contribution in [3.8, 4) is 0 Å². The molecule has 23 heavy (non-hydrogen) atoms. The van der Waals surface area contributed by atoms with E-state index < -0.39 is 29.5 Å². The lowest BCUT2D eigenvalue weighted by molar-refractivity contribution is 0.0135. The predicted molar refractivity (Wildman–Crippen MR) is 84.0 cm³/mol. The fourth-order valence-electron chi connectivity index (χ4n) is 3.00. The van der Waals surface area contributed by atoms with Crippen molar-refractivity contribution in [1.82, 2.24) is 9.80 Å². The van der Waals surface area contributed by atoms with Crippen molar-refractivity contribution in [2.45, 2.75) is 64.9 Å². The van der Waals surface area contributed by atoms with Crippen LogP contribution in [0.5, 0.6) is 0 Å². The van der Waals surface area contributed by atoms with Gasteiger partial charge in [-0.2, -0.15) is 0 Å². The molecular formula is C16H28N2O5. The van der Waals surface area contributed by atoms with Gasteiger partial charge in [0.25, 0.3) is 0 Å². The summed E-state index contributed by atoms with van der Waals surface area (Å²) in [6.45, 7) is 11.8. The van der Waals surface area contributed by atoms with Gasteiger partial charge in [0.05, 0.1) is 18.7 Å². The SMILES string of the molecule is CC(C)(C)OC(=O)N1CC2C(O)CN(C(=O)OC(C)(C)C)C2C1. The average Bonchev–Trinajstić information content (AvgIpc) is 2.86. The van der Waals surface area contributed by atoms with Gasteiger partial charge < -0.3 is 24.4 Å². The molecule has 2 amide bonds. The van der Waals surface area contributed by atoms with Crippen LogP contribution in [0.3, 0.4) is 0 Å². The summed E-state index contributed by atoms with van der Waals surface area (Å²) in [7, 11) is 0. The van der Waals surface area contributed by atoms with E-state index in [1.807, 2.05) is 20.8 Å². The Morgan fingerprint density at radius 2 is 1.43 bits per heavy atom. The summed E-state index contributed by atoms with van der Waals surface area (Å²) < 4.78 is 10.8. The van der Waals surface area contributed by atoms with E-state index in [1.54, 1.807) is 25.7 Å². The third-order valence-electron chi connectivity index (χ3n) is 3.89. The van der Waals surface area contributed by atoms with Gasteiger partial charge in [-0.25, -0.2) is 9.59 Å². The number of hydrogen-bond donors (Lipinski definition) is 1. The van der Waals surface area contributed by atoms with Gasteiger partial charge in [0.15, 0.2) is 0 Å². The van der Waals surface area contributed by atoms with Crippen LogP contribution in [0.15, 0.2) is 0 Å². The number of fused-ring (bicyclic) bond motifs is 1. The Hall–Kier alpha value is -1.50. The first-order valence-electron chi connectivity index (χ1n) is 8.03. The fourth-order valence-corrected chi connectivity index (χ4v) is 3.00. The van der Waals surface area contributed by atoms with Crippen LogP contribution in [0.4, 0.5) is 9.59 Å². The van der Waals surface area contributed by atoms with Crippen LogP contribution < -0.4 is 0 Å². The average molecular weight is 328 g/mol. The Morgan fingerprint density at radius 3 is 1.96 bits per heavy atom. The van der Waals surface area contributed by atoms with E-state index in [9.17, 15) is 14.7 Å². The van der Waals surface area contributed by atoms with Crippen molar-refractivity contribution in [2.24, 2.45) is 5.92 Å². The van der Waals surface area contributed by atoms with Crippen molar-refractivity contribution < 1.29 is 24.2 Å². The highest BCUT2D eigenvalue weighted by Gasteiger charge is 2.51. The van der Waals surface area contributed by atoms with E-state index in [0.717, 1.165) is 0 Å². The van der Waals surface area contributed by atoms with Crippen molar-refractivity contribution in [1.29, 1.82) is 0 Å². The summed E-state index contributed by atoms with van der Waals surface area (Å²) in [4.78, 5) is 27.6. The minimum atomic E-state index is -0.653. The van der Waals surface area contributed by atoms with Crippen LogP contribution in [0.1, 0.15) is 41.5 Å². The quantitative estimate of drug-likeness (QED) is 0.734. The molecule has 2 rings (SSSR count). The largest absolute Gasteiger partial charge is 0.444 e. The Morgan fingerprint density at radius 1 is 0.913 bits per heavy atom. The zero-order chi connectivity index (χ0) is 17.6. The molecule has 0 saturated carbocycles. The molecule has 132 valence electrons. The number of aliphatic hydroxyl groups is 1. The first kappa shape index (κ1) is 17.8. The zero-order valence-electron chi connectivity index (χ0n) is 14.8.